The minimum atomic E-state index is -3.88. The maximum absolute atomic E-state index is 13.1. The fourth-order valence-electron chi connectivity index (χ4n) is 3.84. The molecule has 2 aromatic rings. The molecule has 1 unspecified atom stereocenters. The Morgan fingerprint density at radius 2 is 1.97 bits per heavy atom. The smallest absolute Gasteiger partial charge is 0.264 e. The normalized spacial score (nSPS) is 17.3. The van der Waals surface area contributed by atoms with Crippen molar-refractivity contribution in [3.8, 4) is 0 Å². The van der Waals surface area contributed by atoms with E-state index in [4.69, 9.17) is 0 Å². The summed E-state index contributed by atoms with van der Waals surface area (Å²) >= 11 is 0. The Labute approximate surface area is 184 Å². The highest BCUT2D eigenvalue weighted by Gasteiger charge is 2.22. The van der Waals surface area contributed by atoms with E-state index in [0.29, 0.717) is 17.8 Å². The van der Waals surface area contributed by atoms with Crippen molar-refractivity contribution in [3.63, 3.8) is 0 Å². The van der Waals surface area contributed by atoms with Crippen LogP contribution in [0, 0.1) is 11.7 Å². The summed E-state index contributed by atoms with van der Waals surface area (Å²) in [5, 5.41) is 2.88. The number of piperidine rings is 1. The van der Waals surface area contributed by atoms with E-state index in [1.54, 1.807) is 12.1 Å². The van der Waals surface area contributed by atoms with Crippen LogP contribution < -0.4 is 9.62 Å². The molecule has 3 rings (SSSR count). The molecule has 0 bridgehead atoms. The van der Waals surface area contributed by atoms with Gasteiger partial charge in [-0.15, -0.1) is 0 Å². The van der Waals surface area contributed by atoms with Crippen molar-refractivity contribution in [1.29, 1.82) is 0 Å². The first-order chi connectivity index (χ1) is 14.8. The standard InChI is InChI=1S/C23H30FN3O3S/c1-18-6-4-14-27(17-18)15-5-13-25-23(28)19-7-3-8-22(16-19)31(29,30)26(2)21-11-9-20(24)10-12-21/h3,7-12,16,18H,4-6,13-15,17H2,1-2H3,(H,25,28). The van der Waals surface area contributed by atoms with Crippen molar-refractivity contribution < 1.29 is 17.6 Å². The minimum Gasteiger partial charge on any atom is -0.352 e. The molecule has 0 radical (unpaired) electrons. The van der Waals surface area contributed by atoms with Crippen LogP contribution in [0.2, 0.25) is 0 Å². The Kier molecular flexibility index (Phi) is 7.67. The van der Waals surface area contributed by atoms with Gasteiger partial charge in [0.15, 0.2) is 0 Å². The lowest BCUT2D eigenvalue weighted by molar-refractivity contribution is 0.0950. The maximum Gasteiger partial charge on any atom is 0.264 e. The molecule has 168 valence electrons. The summed E-state index contributed by atoms with van der Waals surface area (Å²) < 4.78 is 40.1. The second-order valence-corrected chi connectivity index (χ2v) is 10.1. The van der Waals surface area contributed by atoms with Crippen LogP contribution in [0.1, 0.15) is 36.5 Å². The molecule has 0 saturated carbocycles. The summed E-state index contributed by atoms with van der Waals surface area (Å²) in [7, 11) is -2.48. The number of hydrogen-bond acceptors (Lipinski definition) is 4. The quantitative estimate of drug-likeness (QED) is 0.629. The molecule has 0 aliphatic carbocycles. The summed E-state index contributed by atoms with van der Waals surface area (Å²) in [6.07, 6.45) is 3.35. The van der Waals surface area contributed by atoms with Crippen molar-refractivity contribution in [3.05, 3.63) is 59.9 Å². The number of carbonyl (C=O) groups is 1. The topological polar surface area (TPSA) is 69.7 Å². The molecule has 8 heteroatoms. The monoisotopic (exact) mass is 447 g/mol. The zero-order valence-corrected chi connectivity index (χ0v) is 18.9. The molecule has 0 aromatic heterocycles. The van der Waals surface area contributed by atoms with Crippen LogP contribution in [0.15, 0.2) is 53.4 Å². The molecule has 31 heavy (non-hydrogen) atoms. The third-order valence-electron chi connectivity index (χ3n) is 5.62. The number of nitrogens with zero attached hydrogens (tertiary/aromatic N) is 2. The number of likely N-dealkylation sites (tertiary alicyclic amines) is 1. The Hall–Kier alpha value is -2.45. The number of amides is 1. The largest absolute Gasteiger partial charge is 0.352 e. The van der Waals surface area contributed by atoms with Gasteiger partial charge in [-0.2, -0.15) is 0 Å². The van der Waals surface area contributed by atoms with Crippen molar-refractivity contribution >= 4 is 21.6 Å². The predicted molar refractivity (Wildman–Crippen MR) is 120 cm³/mol. The van der Waals surface area contributed by atoms with Gasteiger partial charge in [-0.25, -0.2) is 12.8 Å². The number of carbonyl (C=O) groups excluding carboxylic acids is 1. The van der Waals surface area contributed by atoms with Gasteiger partial charge < -0.3 is 10.2 Å². The summed E-state index contributed by atoms with van der Waals surface area (Å²) in [6.45, 7) is 5.97. The Balaban J connectivity index is 1.59. The van der Waals surface area contributed by atoms with Crippen LogP contribution in [-0.2, 0) is 10.0 Å². The van der Waals surface area contributed by atoms with Crippen LogP contribution in [0.3, 0.4) is 0 Å². The summed E-state index contributed by atoms with van der Waals surface area (Å²) in [5.74, 6) is -0.0161. The number of benzene rings is 2. The molecule has 1 fully saturated rings. The van der Waals surface area contributed by atoms with E-state index >= 15 is 0 Å². The third-order valence-corrected chi connectivity index (χ3v) is 7.40. The van der Waals surface area contributed by atoms with Crippen LogP contribution in [0.4, 0.5) is 10.1 Å². The van der Waals surface area contributed by atoms with E-state index < -0.39 is 15.8 Å². The van der Waals surface area contributed by atoms with Crippen molar-refractivity contribution in [2.75, 3.05) is 37.5 Å². The molecule has 1 aliphatic rings. The highest BCUT2D eigenvalue weighted by atomic mass is 32.2. The van der Waals surface area contributed by atoms with Crippen molar-refractivity contribution in [2.24, 2.45) is 5.92 Å². The van der Waals surface area contributed by atoms with E-state index in [0.717, 1.165) is 36.3 Å². The van der Waals surface area contributed by atoms with Gasteiger partial charge in [0.25, 0.3) is 15.9 Å². The lowest BCUT2D eigenvalue weighted by Gasteiger charge is -2.30. The molecule has 6 nitrogen and oxygen atoms in total. The summed E-state index contributed by atoms with van der Waals surface area (Å²) in [6, 6.07) is 11.2. The Morgan fingerprint density at radius 3 is 2.68 bits per heavy atom. The summed E-state index contributed by atoms with van der Waals surface area (Å²) in [4.78, 5) is 15.0. The molecule has 1 aliphatic heterocycles. The van der Waals surface area contributed by atoms with Gasteiger partial charge in [0.1, 0.15) is 5.82 Å². The molecule has 1 saturated heterocycles. The third kappa shape index (κ3) is 6.04. The van der Waals surface area contributed by atoms with Gasteiger partial charge >= 0.3 is 0 Å². The van der Waals surface area contributed by atoms with Crippen LogP contribution in [0.25, 0.3) is 0 Å². The predicted octanol–water partition coefficient (Wildman–Crippen LogP) is 3.50. The zero-order valence-electron chi connectivity index (χ0n) is 18.1. The zero-order chi connectivity index (χ0) is 22.4. The number of sulfonamides is 1. The molecule has 1 amide bonds. The van der Waals surface area contributed by atoms with E-state index in [2.05, 4.69) is 17.1 Å². The Bertz CT molecular complexity index is 995. The average Bonchev–Trinajstić information content (AvgIpc) is 2.77. The number of rotatable bonds is 8. The van der Waals surface area contributed by atoms with Gasteiger partial charge in [-0.1, -0.05) is 13.0 Å². The molecule has 1 N–H and O–H groups in total. The molecule has 1 atom stereocenters. The van der Waals surface area contributed by atoms with Crippen molar-refractivity contribution in [2.45, 2.75) is 31.1 Å². The van der Waals surface area contributed by atoms with E-state index in [1.165, 1.54) is 56.3 Å². The maximum atomic E-state index is 13.1. The first-order valence-electron chi connectivity index (χ1n) is 10.6. The molecular formula is C23H30FN3O3S. The number of halogens is 1. The highest BCUT2D eigenvalue weighted by molar-refractivity contribution is 7.92. The first-order valence-corrected chi connectivity index (χ1v) is 12.1. The van der Waals surface area contributed by atoms with E-state index in [9.17, 15) is 17.6 Å². The van der Waals surface area contributed by atoms with E-state index in [-0.39, 0.29) is 10.8 Å². The molecule has 2 aromatic carbocycles. The Morgan fingerprint density at radius 1 is 1.23 bits per heavy atom. The van der Waals surface area contributed by atoms with Gasteiger partial charge in [0.05, 0.1) is 10.6 Å². The summed E-state index contributed by atoms with van der Waals surface area (Å²) in [5.41, 5.74) is 0.628. The minimum absolute atomic E-state index is 0.00859. The fourth-order valence-corrected chi connectivity index (χ4v) is 5.08. The van der Waals surface area contributed by atoms with E-state index in [1.807, 2.05) is 0 Å². The lowest BCUT2D eigenvalue weighted by atomic mass is 10.0. The number of anilines is 1. The van der Waals surface area contributed by atoms with Gasteiger partial charge in [-0.05, 0) is 80.7 Å². The van der Waals surface area contributed by atoms with Crippen molar-refractivity contribution in [1.82, 2.24) is 10.2 Å². The lowest BCUT2D eigenvalue weighted by Crippen LogP contribution is -2.36. The number of hydrogen-bond donors (Lipinski definition) is 1. The number of nitrogens with one attached hydrogen (secondary N) is 1. The molecule has 0 spiro atoms. The first kappa shape index (κ1) is 23.2. The van der Waals surface area contributed by atoms with Gasteiger partial charge in [-0.3, -0.25) is 9.10 Å². The second kappa shape index (κ2) is 10.2. The second-order valence-electron chi connectivity index (χ2n) is 8.13. The van der Waals surface area contributed by atoms with Crippen LogP contribution >= 0.6 is 0 Å². The van der Waals surface area contributed by atoms with Gasteiger partial charge in [0.2, 0.25) is 0 Å². The SMILES string of the molecule is CC1CCCN(CCCNC(=O)c2cccc(S(=O)(=O)N(C)c3ccc(F)cc3)c2)C1. The van der Waals surface area contributed by atoms with Crippen LogP contribution in [-0.4, -0.2) is 52.5 Å². The fraction of sp³-hybridized carbons (Fsp3) is 0.435. The van der Waals surface area contributed by atoms with Crippen LogP contribution in [0.5, 0.6) is 0 Å². The molecule has 1 heterocycles. The highest BCUT2D eigenvalue weighted by Crippen LogP contribution is 2.23. The van der Waals surface area contributed by atoms with Gasteiger partial charge in [0, 0.05) is 25.7 Å². The average molecular weight is 448 g/mol. The molecular weight excluding hydrogens is 417 g/mol.